The van der Waals surface area contributed by atoms with Gasteiger partial charge >= 0.3 is 0 Å². The Morgan fingerprint density at radius 3 is 2.43 bits per heavy atom. The van der Waals surface area contributed by atoms with Crippen molar-refractivity contribution >= 4 is 46.6 Å². The molecule has 0 radical (unpaired) electrons. The number of halogens is 2. The predicted octanol–water partition coefficient (Wildman–Crippen LogP) is 5.87. The number of hydrogen-bond donors (Lipinski definition) is 1. The molecule has 1 N–H and O–H groups in total. The van der Waals surface area contributed by atoms with Crippen molar-refractivity contribution in [3.63, 3.8) is 0 Å². The second-order valence-corrected chi connectivity index (χ2v) is 7.62. The van der Waals surface area contributed by atoms with Crippen LogP contribution in [0.2, 0.25) is 10.0 Å². The highest BCUT2D eigenvalue weighted by atomic mass is 35.5. The summed E-state index contributed by atoms with van der Waals surface area (Å²) in [6, 6.07) is 11.4. The molecule has 1 unspecified atom stereocenters. The Kier molecular flexibility index (Phi) is 6.40. The number of nitrogens with one attached hydrogen (secondary N) is 1. The van der Waals surface area contributed by atoms with Crippen molar-refractivity contribution in [3.05, 3.63) is 63.1 Å². The summed E-state index contributed by atoms with van der Waals surface area (Å²) >= 11 is 13.6. The van der Waals surface area contributed by atoms with Crippen LogP contribution in [0.4, 0.5) is 5.69 Å². The van der Waals surface area contributed by atoms with E-state index in [4.69, 9.17) is 23.2 Å². The first kappa shape index (κ1) is 18.2. The Hall–Kier alpha value is -1.16. The molecule has 0 saturated carbocycles. The molecule has 1 amide bonds. The molecule has 2 aromatic rings. The first-order chi connectivity index (χ1) is 10.9. The number of amides is 1. The minimum Gasteiger partial charge on any atom is -0.325 e. The molecule has 2 rings (SSSR count). The number of para-hydroxylation sites is 1. The highest BCUT2D eigenvalue weighted by molar-refractivity contribution is 7.99. The number of rotatable bonds is 5. The van der Waals surface area contributed by atoms with Crippen LogP contribution in [0.15, 0.2) is 36.4 Å². The SMILES string of the molecule is Cc1cccc(C)c1NC(=O)C(C)SCc1ccc(Cl)cc1Cl. The molecule has 1 atom stereocenters. The van der Waals surface area contributed by atoms with E-state index in [1.54, 1.807) is 17.8 Å². The lowest BCUT2D eigenvalue weighted by Crippen LogP contribution is -2.23. The van der Waals surface area contributed by atoms with Crippen LogP contribution in [0, 0.1) is 13.8 Å². The van der Waals surface area contributed by atoms with E-state index >= 15 is 0 Å². The molecule has 0 fully saturated rings. The van der Waals surface area contributed by atoms with Gasteiger partial charge in [0.25, 0.3) is 0 Å². The van der Waals surface area contributed by atoms with E-state index in [-0.39, 0.29) is 11.2 Å². The Morgan fingerprint density at radius 1 is 1.17 bits per heavy atom. The van der Waals surface area contributed by atoms with E-state index in [0.717, 1.165) is 22.4 Å². The fourth-order valence-electron chi connectivity index (χ4n) is 2.17. The molecule has 0 aromatic heterocycles. The van der Waals surface area contributed by atoms with Crippen LogP contribution >= 0.6 is 35.0 Å². The molecule has 122 valence electrons. The topological polar surface area (TPSA) is 29.1 Å². The zero-order valence-electron chi connectivity index (χ0n) is 13.3. The lowest BCUT2D eigenvalue weighted by atomic mass is 10.1. The number of carbonyl (C=O) groups is 1. The first-order valence-corrected chi connectivity index (χ1v) is 9.11. The van der Waals surface area contributed by atoms with Crippen LogP contribution in [-0.2, 0) is 10.5 Å². The number of carbonyl (C=O) groups excluding carboxylic acids is 1. The minimum atomic E-state index is -0.180. The van der Waals surface area contributed by atoms with Crippen LogP contribution in [0.1, 0.15) is 23.6 Å². The lowest BCUT2D eigenvalue weighted by molar-refractivity contribution is -0.115. The summed E-state index contributed by atoms with van der Waals surface area (Å²) in [7, 11) is 0. The second-order valence-electron chi connectivity index (χ2n) is 5.45. The van der Waals surface area contributed by atoms with E-state index in [2.05, 4.69) is 5.32 Å². The van der Waals surface area contributed by atoms with Crippen LogP contribution in [0.3, 0.4) is 0 Å². The third-order valence-electron chi connectivity index (χ3n) is 3.60. The normalized spacial score (nSPS) is 12.0. The Bertz CT molecular complexity index is 698. The van der Waals surface area contributed by atoms with Gasteiger partial charge in [0.15, 0.2) is 0 Å². The molecule has 0 bridgehead atoms. The maximum Gasteiger partial charge on any atom is 0.237 e. The smallest absolute Gasteiger partial charge is 0.237 e. The maximum absolute atomic E-state index is 12.4. The van der Waals surface area contributed by atoms with Gasteiger partial charge in [-0.15, -0.1) is 11.8 Å². The van der Waals surface area contributed by atoms with Crippen molar-refractivity contribution in [2.75, 3.05) is 5.32 Å². The summed E-state index contributed by atoms with van der Waals surface area (Å²) in [5.74, 6) is 0.662. The molecule has 5 heteroatoms. The van der Waals surface area contributed by atoms with Gasteiger partial charge < -0.3 is 5.32 Å². The van der Waals surface area contributed by atoms with E-state index in [9.17, 15) is 4.79 Å². The summed E-state index contributed by atoms with van der Waals surface area (Å²) in [5, 5.41) is 4.09. The summed E-state index contributed by atoms with van der Waals surface area (Å²) < 4.78 is 0. The quantitative estimate of drug-likeness (QED) is 0.715. The zero-order valence-corrected chi connectivity index (χ0v) is 15.6. The number of anilines is 1. The summed E-state index contributed by atoms with van der Waals surface area (Å²) in [6.45, 7) is 5.89. The molecule has 0 aliphatic carbocycles. The summed E-state index contributed by atoms with van der Waals surface area (Å²) in [6.07, 6.45) is 0. The third-order valence-corrected chi connectivity index (χ3v) is 5.38. The van der Waals surface area contributed by atoms with Gasteiger partial charge in [-0.1, -0.05) is 47.5 Å². The highest BCUT2D eigenvalue weighted by Crippen LogP contribution is 2.27. The monoisotopic (exact) mass is 367 g/mol. The summed E-state index contributed by atoms with van der Waals surface area (Å²) in [4.78, 5) is 12.4. The van der Waals surface area contributed by atoms with Gasteiger partial charge in [0.1, 0.15) is 0 Å². The van der Waals surface area contributed by atoms with Gasteiger partial charge in [-0.3, -0.25) is 4.79 Å². The number of benzene rings is 2. The van der Waals surface area contributed by atoms with Crippen LogP contribution in [0.25, 0.3) is 0 Å². The Labute approximate surface area is 151 Å². The molecule has 0 heterocycles. The van der Waals surface area contributed by atoms with Gasteiger partial charge in [-0.25, -0.2) is 0 Å². The molecule has 0 saturated heterocycles. The van der Waals surface area contributed by atoms with Crippen LogP contribution in [-0.4, -0.2) is 11.2 Å². The average molecular weight is 368 g/mol. The van der Waals surface area contributed by atoms with E-state index < -0.39 is 0 Å². The molecule has 23 heavy (non-hydrogen) atoms. The Morgan fingerprint density at radius 2 is 1.83 bits per heavy atom. The van der Waals surface area contributed by atoms with Gasteiger partial charge in [0.05, 0.1) is 5.25 Å². The lowest BCUT2D eigenvalue weighted by Gasteiger charge is -2.15. The predicted molar refractivity (Wildman–Crippen MR) is 102 cm³/mol. The van der Waals surface area contributed by atoms with Crippen LogP contribution < -0.4 is 5.32 Å². The molecule has 2 aromatic carbocycles. The standard InChI is InChI=1S/C18H19Cl2NOS/c1-11-5-4-6-12(2)17(11)21-18(22)13(3)23-10-14-7-8-15(19)9-16(14)20/h4-9,13H,10H2,1-3H3,(H,21,22). The van der Waals surface area contributed by atoms with Gasteiger partial charge in [-0.2, -0.15) is 0 Å². The van der Waals surface area contributed by atoms with Crippen LogP contribution in [0.5, 0.6) is 0 Å². The Balaban J connectivity index is 1.97. The molecule has 0 aliphatic heterocycles. The highest BCUT2D eigenvalue weighted by Gasteiger charge is 2.16. The van der Waals surface area contributed by atoms with E-state index in [1.165, 1.54) is 0 Å². The third kappa shape index (κ3) is 4.90. The number of hydrogen-bond acceptors (Lipinski definition) is 2. The van der Waals surface area contributed by atoms with Crippen molar-refractivity contribution in [1.82, 2.24) is 0 Å². The second kappa shape index (κ2) is 8.09. The fourth-order valence-corrected chi connectivity index (χ4v) is 3.61. The summed E-state index contributed by atoms with van der Waals surface area (Å²) in [5.41, 5.74) is 4.01. The number of aryl methyl sites for hydroxylation is 2. The van der Waals surface area contributed by atoms with Gasteiger partial charge in [-0.05, 0) is 49.6 Å². The zero-order chi connectivity index (χ0) is 17.0. The van der Waals surface area contributed by atoms with Gasteiger partial charge in [0, 0.05) is 21.5 Å². The fraction of sp³-hybridized carbons (Fsp3) is 0.278. The van der Waals surface area contributed by atoms with Crippen molar-refractivity contribution < 1.29 is 4.79 Å². The van der Waals surface area contributed by atoms with Gasteiger partial charge in [0.2, 0.25) is 5.91 Å². The molecular weight excluding hydrogens is 349 g/mol. The van der Waals surface area contributed by atoms with E-state index in [0.29, 0.717) is 15.8 Å². The average Bonchev–Trinajstić information content (AvgIpc) is 2.49. The maximum atomic E-state index is 12.4. The largest absolute Gasteiger partial charge is 0.325 e. The minimum absolute atomic E-state index is 0.00233. The van der Waals surface area contributed by atoms with Crippen molar-refractivity contribution in [2.24, 2.45) is 0 Å². The van der Waals surface area contributed by atoms with Crippen molar-refractivity contribution in [2.45, 2.75) is 31.8 Å². The molecular formula is C18H19Cl2NOS. The first-order valence-electron chi connectivity index (χ1n) is 7.31. The molecule has 0 spiro atoms. The molecule has 0 aliphatic rings. The van der Waals surface area contributed by atoms with E-state index in [1.807, 2.05) is 51.1 Å². The number of thioether (sulfide) groups is 1. The molecule has 2 nitrogen and oxygen atoms in total. The van der Waals surface area contributed by atoms with Crippen molar-refractivity contribution in [1.29, 1.82) is 0 Å². The van der Waals surface area contributed by atoms with Crippen molar-refractivity contribution in [3.8, 4) is 0 Å².